The maximum Gasteiger partial charge on any atom is 0.350 e. The first-order valence-corrected chi connectivity index (χ1v) is 59.1. The van der Waals surface area contributed by atoms with Gasteiger partial charge in [0, 0.05) is 31.9 Å². The fourth-order valence-corrected chi connectivity index (χ4v) is 24.9. The zero-order valence-electron chi connectivity index (χ0n) is 82.9. The first kappa shape index (κ1) is 125. The number of aromatic carboxylic acids is 1. The predicted molar refractivity (Wildman–Crippen MR) is 612 cm³/mol. The Hall–Kier alpha value is -9.33. The van der Waals surface area contributed by atoms with E-state index in [4.69, 9.17) is 45.5 Å². The number of nitriles is 1. The van der Waals surface area contributed by atoms with E-state index in [1.54, 1.807) is 150 Å². The molecule has 0 aliphatic carbocycles. The van der Waals surface area contributed by atoms with Crippen LogP contribution in [0.15, 0.2) is 277 Å². The SMILES string of the molecule is CC#N.CC(C)(C)c1ccc(S(=O)(=O)Cl)c(I)c1.CC(C)(C)c1ccc(S(=O)(=O)Nc2ccsc2C(=O)O)c(Oc2ccccc2)c1.CC(C)(C)c1ccc(S(=O)(=O)O)c(I)c1.CC(C)(C)c1cccc(I)c1.COC(=O)c1sccc1N.COC(=O)c1sccc1NS(=O)(=O)c1ccc(C(C)(C)C)cc1I.COC(=O)c1sccc1NS(=O)(=O)c1ccc(C(C)(C)C)cc1Oc1ccccc1.Oc1ccccc1. The van der Waals surface area contributed by atoms with E-state index in [1.807, 2.05) is 179 Å². The highest BCUT2D eigenvalue weighted by atomic mass is 127. The van der Waals surface area contributed by atoms with E-state index in [-0.39, 0.29) is 106 Å². The van der Waals surface area contributed by atoms with Gasteiger partial charge in [0.25, 0.3) is 49.2 Å². The third-order valence-corrected chi connectivity index (χ3v) is 34.1. The normalized spacial score (nSPS) is 11.5. The van der Waals surface area contributed by atoms with Crippen LogP contribution < -0.4 is 29.4 Å². The summed E-state index contributed by atoms with van der Waals surface area (Å²) in [6.07, 6.45) is 0. The van der Waals surface area contributed by atoms with E-state index in [1.165, 1.54) is 84.4 Å². The van der Waals surface area contributed by atoms with Gasteiger partial charge < -0.3 is 39.6 Å². The molecule has 8 N–H and O–H groups in total. The molecule has 4 heterocycles. The number of thiophene rings is 4. The van der Waals surface area contributed by atoms with Crippen molar-refractivity contribution in [2.24, 2.45) is 0 Å². The van der Waals surface area contributed by atoms with Gasteiger partial charge in [0.15, 0.2) is 0 Å². The highest BCUT2D eigenvalue weighted by molar-refractivity contribution is 14.1. The molecule has 0 fully saturated rings. The summed E-state index contributed by atoms with van der Waals surface area (Å²) in [6, 6.07) is 68.5. The van der Waals surface area contributed by atoms with Crippen molar-refractivity contribution in [1.29, 1.82) is 5.26 Å². The number of benzene rings is 9. The molecule has 774 valence electrons. The van der Waals surface area contributed by atoms with E-state index in [2.05, 4.69) is 133 Å². The number of nitrogens with one attached hydrogen (secondary N) is 3. The first-order valence-electron chi connectivity index (χ1n) is 43.1. The van der Waals surface area contributed by atoms with Crippen molar-refractivity contribution in [1.82, 2.24) is 0 Å². The van der Waals surface area contributed by atoms with E-state index in [0.29, 0.717) is 38.5 Å². The number of nitrogen functional groups attached to an aromatic ring is 1. The van der Waals surface area contributed by atoms with Crippen LogP contribution in [0.1, 0.15) is 204 Å². The van der Waals surface area contributed by atoms with Crippen LogP contribution in [-0.4, -0.2) is 102 Å². The van der Waals surface area contributed by atoms with E-state index in [9.17, 15) is 66.4 Å². The van der Waals surface area contributed by atoms with Crippen LogP contribution in [0.4, 0.5) is 22.7 Å². The highest BCUT2D eigenvalue weighted by Crippen LogP contribution is 2.41. The van der Waals surface area contributed by atoms with Crippen LogP contribution in [-0.2, 0) is 95.9 Å². The number of esters is 3. The van der Waals surface area contributed by atoms with Gasteiger partial charge in [-0.1, -0.05) is 222 Å². The van der Waals surface area contributed by atoms with Crippen LogP contribution >= 0.6 is 146 Å². The maximum atomic E-state index is 13.2. The number of nitrogens with zero attached hydrogens (tertiary/aromatic N) is 1. The lowest BCUT2D eigenvalue weighted by molar-refractivity contribution is 0.0598. The number of carboxylic acids is 1. The highest BCUT2D eigenvalue weighted by Gasteiger charge is 2.32. The Morgan fingerprint density at radius 2 is 0.646 bits per heavy atom. The number of aromatic hydroxyl groups is 1. The number of para-hydroxylation sites is 3. The van der Waals surface area contributed by atoms with Crippen molar-refractivity contribution >= 4 is 242 Å². The molecule has 0 aliphatic heterocycles. The number of carboxylic acid groups (broad SMARTS) is 1. The van der Waals surface area contributed by atoms with Gasteiger partial charge >= 0.3 is 23.9 Å². The minimum Gasteiger partial charge on any atom is -0.508 e. The third kappa shape index (κ3) is 39.7. The van der Waals surface area contributed by atoms with Gasteiger partial charge in [-0.15, -0.1) is 45.3 Å². The zero-order valence-corrected chi connectivity index (χ0v) is 99.7. The van der Waals surface area contributed by atoms with E-state index in [0.717, 1.165) is 61.8 Å². The number of sulfonamides is 3. The molecule has 13 rings (SSSR count). The summed E-state index contributed by atoms with van der Waals surface area (Å²) in [5.41, 5.74) is 12.5. The standard InChI is InChI=1S/C22H23NO5S2.C21H21NO5S2.C16H18INO4S2.C10H12ClIO2S.C10H13IO3S.C10H13I.C6H7NO2S.C6H6O.C2H3N/c1-22(2,3)15-10-11-19(18(14-15)28-16-8-6-5-7-9-16)30(25,26)23-17-12-13-29-20(17)21(24)27-4;1-21(2,3)14-9-10-18(17(13-14)27-15-7-5-4-6-8-15)29(25,26)22-16-11-12-28-19(16)20(23)24;1-16(2,3)10-5-6-13(11(17)9-10)24(20,21)18-12-7-8-23-14(12)15(19)22-4;1-10(2,3)7-4-5-9(8(12)6-7)15(11,13)14;1-10(2,3)7-4-5-9(8(11)6-7)15(12,13)14;1-10(2,3)8-5-4-6-9(11)7-8;1-9-6(8)5-4(7)2-3-10-5;7-6-4-2-1-3-5-6;1-2-3/h5-14,23H,1-4H3;4-13,22H,1-3H3,(H,23,24);5-9,18H,1-4H3;4-6H,1-3H3;4-6H,1-3H3,(H,12,13,14);4-7H,1-3H3;2-3H,7H2,1H3;1-5,7H;1H3. The Morgan fingerprint density at radius 3 is 0.924 bits per heavy atom. The Bertz CT molecular complexity index is 7110. The van der Waals surface area contributed by atoms with Crippen molar-refractivity contribution in [3.63, 3.8) is 0 Å². The van der Waals surface area contributed by atoms with Crippen molar-refractivity contribution in [2.45, 2.75) is 189 Å². The second-order valence-corrected chi connectivity index (χ2v) is 54.1. The lowest BCUT2D eigenvalue weighted by Crippen LogP contribution is -2.17. The molecule has 0 spiro atoms. The largest absolute Gasteiger partial charge is 0.508 e. The van der Waals surface area contributed by atoms with Crippen LogP contribution in [0.3, 0.4) is 0 Å². The Balaban J connectivity index is 0.000000299. The van der Waals surface area contributed by atoms with E-state index < -0.39 is 67.1 Å². The van der Waals surface area contributed by atoms with Gasteiger partial charge in [-0.2, -0.15) is 13.7 Å². The minimum atomic E-state index is -4.10. The number of methoxy groups -OCH3 is 3. The van der Waals surface area contributed by atoms with Gasteiger partial charge in [0.05, 0.1) is 55.0 Å². The van der Waals surface area contributed by atoms with Crippen molar-refractivity contribution in [3.05, 3.63) is 319 Å². The monoisotopic (exact) mass is 2610 g/mol. The zero-order chi connectivity index (χ0) is 109. The topological polar surface area (TPSA) is 432 Å². The summed E-state index contributed by atoms with van der Waals surface area (Å²) < 4.78 is 167. The van der Waals surface area contributed by atoms with Crippen molar-refractivity contribution in [2.75, 3.05) is 41.2 Å². The van der Waals surface area contributed by atoms with Crippen LogP contribution in [0.25, 0.3) is 0 Å². The number of rotatable bonds is 19. The molecule has 4 aromatic heterocycles. The molecule has 27 nitrogen and oxygen atoms in total. The van der Waals surface area contributed by atoms with Gasteiger partial charge in [0.1, 0.15) is 67.8 Å². The fourth-order valence-electron chi connectivity index (χ4n) is 11.7. The molecule has 0 atom stereocenters. The lowest BCUT2D eigenvalue weighted by Gasteiger charge is -2.21. The molecule has 0 unspecified atom stereocenters. The van der Waals surface area contributed by atoms with Gasteiger partial charge in [0.2, 0.25) is 0 Å². The van der Waals surface area contributed by atoms with Gasteiger partial charge in [-0.25, -0.2) is 52.8 Å². The number of halogens is 5. The molecule has 0 saturated heterocycles. The van der Waals surface area contributed by atoms with Gasteiger partial charge in [-0.3, -0.25) is 18.7 Å². The smallest absolute Gasteiger partial charge is 0.350 e. The number of anilines is 4. The van der Waals surface area contributed by atoms with Crippen LogP contribution in [0.5, 0.6) is 28.7 Å². The molecule has 41 heteroatoms. The molecule has 0 saturated carbocycles. The second-order valence-electron chi connectivity index (χ2n) is 36.9. The Kier molecular flexibility index (Phi) is 47.4. The third-order valence-electron chi connectivity index (χ3n) is 19.5. The fraction of sp³-hybridized carbons (Fsp3) is 0.272. The Morgan fingerprint density at radius 1 is 0.368 bits per heavy atom. The summed E-state index contributed by atoms with van der Waals surface area (Å²) in [5, 5.41) is 31.7. The summed E-state index contributed by atoms with van der Waals surface area (Å²) in [5.74, 6) is -1.02. The molecule has 0 radical (unpaired) electrons. The number of nitrogens with two attached hydrogens (primary N) is 1. The first-order chi connectivity index (χ1) is 66.6. The number of carbonyl (C=O) groups excluding carboxylic acids is 3. The van der Waals surface area contributed by atoms with Crippen molar-refractivity contribution < 1.29 is 99.7 Å². The number of phenols is 1. The molecule has 0 amide bonds. The summed E-state index contributed by atoms with van der Waals surface area (Å²) in [6.45, 7) is 38.9. The number of ether oxygens (including phenoxy) is 5. The van der Waals surface area contributed by atoms with Crippen molar-refractivity contribution in [3.8, 4) is 34.8 Å². The average Bonchev–Trinajstić information content (AvgIpc) is 1.30. The summed E-state index contributed by atoms with van der Waals surface area (Å²) in [4.78, 5) is 46.8. The quantitative estimate of drug-likeness (QED) is 0.0130. The number of hydrogen-bond donors (Lipinski definition) is 7. The van der Waals surface area contributed by atoms with Crippen LogP contribution in [0.2, 0.25) is 0 Å². The minimum absolute atomic E-state index is 0.00846. The molecule has 0 bridgehead atoms. The van der Waals surface area contributed by atoms with Crippen LogP contribution in [0, 0.1) is 25.6 Å². The average molecular weight is 2610 g/mol. The molecular formula is C103H116ClI4N5O22S9. The Labute approximate surface area is 920 Å². The number of hydrogen-bond acceptors (Lipinski definition) is 26. The lowest BCUT2D eigenvalue weighted by atomic mass is 9.87. The predicted octanol–water partition coefficient (Wildman–Crippen LogP) is 28.0. The summed E-state index contributed by atoms with van der Waals surface area (Å²) in [7, 11) is -10.5. The second kappa shape index (κ2) is 54.6. The maximum absolute atomic E-state index is 13.2. The number of phenolic OH excluding ortho intramolecular Hbond substituents is 1. The summed E-state index contributed by atoms with van der Waals surface area (Å²) >= 11 is 12.7. The molecule has 13 aromatic rings. The molecular weight excluding hydrogens is 2490 g/mol. The molecule has 144 heavy (non-hydrogen) atoms. The molecule has 0 aliphatic rings. The van der Waals surface area contributed by atoms with E-state index >= 15 is 0 Å². The van der Waals surface area contributed by atoms with Gasteiger partial charge in [-0.05, 0) is 311 Å². The number of carbonyl (C=O) groups is 4. The molecule has 9 aromatic carbocycles.